The van der Waals surface area contributed by atoms with Crippen molar-refractivity contribution in [1.29, 1.82) is 0 Å². The van der Waals surface area contributed by atoms with Gasteiger partial charge in [0, 0.05) is 36.8 Å². The first kappa shape index (κ1) is 12.7. The van der Waals surface area contributed by atoms with Gasteiger partial charge in [-0.3, -0.25) is 0 Å². The van der Waals surface area contributed by atoms with Crippen LogP contribution in [0.2, 0.25) is 0 Å². The lowest BCUT2D eigenvalue weighted by atomic mass is 10.1. The number of nitrogens with zero attached hydrogens (tertiary/aromatic N) is 2. The van der Waals surface area contributed by atoms with Crippen LogP contribution in [-0.2, 0) is 6.54 Å². The molecule has 1 fully saturated rings. The fraction of sp³-hybridized carbons (Fsp3) is 0.615. The lowest BCUT2D eigenvalue weighted by Crippen LogP contribution is -2.33. The molecule has 0 atom stereocenters. The number of nitrogens with two attached hydrogens (primary N) is 1. The van der Waals surface area contributed by atoms with E-state index in [9.17, 15) is 0 Å². The van der Waals surface area contributed by atoms with Crippen LogP contribution in [0.25, 0.3) is 0 Å². The predicted molar refractivity (Wildman–Crippen MR) is 75.8 cm³/mol. The minimum Gasteiger partial charge on any atom is -0.355 e. The SMILES string of the molecule is CC(C)c1cc(CN)cc(N2CCSCC2)n1. The monoisotopic (exact) mass is 251 g/mol. The van der Waals surface area contributed by atoms with Gasteiger partial charge in [0.05, 0.1) is 0 Å². The molecule has 0 unspecified atom stereocenters. The van der Waals surface area contributed by atoms with Gasteiger partial charge in [0.25, 0.3) is 0 Å². The lowest BCUT2D eigenvalue weighted by Gasteiger charge is -2.28. The van der Waals surface area contributed by atoms with E-state index >= 15 is 0 Å². The van der Waals surface area contributed by atoms with Gasteiger partial charge >= 0.3 is 0 Å². The molecule has 0 aliphatic carbocycles. The van der Waals surface area contributed by atoms with E-state index in [2.05, 4.69) is 30.9 Å². The number of rotatable bonds is 3. The fourth-order valence-corrected chi connectivity index (χ4v) is 2.87. The van der Waals surface area contributed by atoms with E-state index < -0.39 is 0 Å². The van der Waals surface area contributed by atoms with Crippen molar-refractivity contribution in [3.05, 3.63) is 23.4 Å². The molecule has 2 N–H and O–H groups in total. The van der Waals surface area contributed by atoms with Crippen LogP contribution >= 0.6 is 11.8 Å². The molecule has 3 nitrogen and oxygen atoms in total. The van der Waals surface area contributed by atoms with Gasteiger partial charge in [-0.1, -0.05) is 13.8 Å². The lowest BCUT2D eigenvalue weighted by molar-refractivity contribution is 0.786. The van der Waals surface area contributed by atoms with Gasteiger partial charge in [-0.2, -0.15) is 11.8 Å². The van der Waals surface area contributed by atoms with Crippen LogP contribution in [0.4, 0.5) is 5.82 Å². The van der Waals surface area contributed by atoms with Crippen LogP contribution in [0.15, 0.2) is 12.1 Å². The molecule has 94 valence electrons. The molecule has 0 amide bonds. The first-order chi connectivity index (χ1) is 8.20. The fourth-order valence-electron chi connectivity index (χ4n) is 1.96. The molecule has 0 saturated carbocycles. The summed E-state index contributed by atoms with van der Waals surface area (Å²) < 4.78 is 0. The molecule has 1 aliphatic rings. The normalized spacial score (nSPS) is 16.6. The van der Waals surface area contributed by atoms with Crippen molar-refractivity contribution in [3.8, 4) is 0 Å². The first-order valence-electron chi connectivity index (χ1n) is 6.24. The van der Waals surface area contributed by atoms with Crippen LogP contribution in [0, 0.1) is 0 Å². The third-order valence-corrected chi connectivity index (χ3v) is 4.00. The zero-order valence-corrected chi connectivity index (χ0v) is 11.5. The summed E-state index contributed by atoms with van der Waals surface area (Å²) in [5.74, 6) is 3.97. The summed E-state index contributed by atoms with van der Waals surface area (Å²) in [4.78, 5) is 7.14. The summed E-state index contributed by atoms with van der Waals surface area (Å²) in [5.41, 5.74) is 8.11. The van der Waals surface area contributed by atoms with E-state index in [-0.39, 0.29) is 0 Å². The third-order valence-electron chi connectivity index (χ3n) is 3.05. The topological polar surface area (TPSA) is 42.1 Å². The second kappa shape index (κ2) is 5.74. The van der Waals surface area contributed by atoms with Crippen molar-refractivity contribution >= 4 is 17.6 Å². The average Bonchev–Trinajstić information content (AvgIpc) is 2.39. The summed E-state index contributed by atoms with van der Waals surface area (Å²) >= 11 is 2.02. The second-order valence-corrected chi connectivity index (χ2v) is 5.94. The number of hydrogen-bond donors (Lipinski definition) is 1. The maximum atomic E-state index is 5.77. The van der Waals surface area contributed by atoms with Crippen molar-refractivity contribution in [3.63, 3.8) is 0 Å². The van der Waals surface area contributed by atoms with Gasteiger partial charge in [0.15, 0.2) is 0 Å². The van der Waals surface area contributed by atoms with Crippen LogP contribution in [0.5, 0.6) is 0 Å². The highest BCUT2D eigenvalue weighted by atomic mass is 32.2. The van der Waals surface area contributed by atoms with Crippen molar-refractivity contribution in [2.45, 2.75) is 26.3 Å². The largest absolute Gasteiger partial charge is 0.355 e. The molecule has 1 saturated heterocycles. The van der Waals surface area contributed by atoms with Crippen molar-refractivity contribution in [1.82, 2.24) is 4.98 Å². The Kier molecular flexibility index (Phi) is 4.29. The number of pyridine rings is 1. The van der Waals surface area contributed by atoms with Crippen LogP contribution in [0.3, 0.4) is 0 Å². The summed E-state index contributed by atoms with van der Waals surface area (Å²) in [6.45, 7) is 7.15. The molecule has 17 heavy (non-hydrogen) atoms. The maximum Gasteiger partial charge on any atom is 0.129 e. The zero-order chi connectivity index (χ0) is 12.3. The average molecular weight is 251 g/mol. The molecule has 2 rings (SSSR count). The number of anilines is 1. The first-order valence-corrected chi connectivity index (χ1v) is 7.40. The van der Waals surface area contributed by atoms with E-state index in [0.29, 0.717) is 12.5 Å². The van der Waals surface area contributed by atoms with E-state index in [4.69, 9.17) is 10.7 Å². The Morgan fingerprint density at radius 3 is 2.65 bits per heavy atom. The van der Waals surface area contributed by atoms with Gasteiger partial charge in [-0.15, -0.1) is 0 Å². The smallest absolute Gasteiger partial charge is 0.129 e. The Labute approximate surface area is 108 Å². The number of hydrogen-bond acceptors (Lipinski definition) is 4. The maximum absolute atomic E-state index is 5.77. The van der Waals surface area contributed by atoms with Gasteiger partial charge in [0.2, 0.25) is 0 Å². The number of thioether (sulfide) groups is 1. The Hall–Kier alpha value is -0.740. The Bertz CT molecular complexity index is 373. The van der Waals surface area contributed by atoms with Crippen molar-refractivity contribution in [2.75, 3.05) is 29.5 Å². The summed E-state index contributed by atoms with van der Waals surface area (Å²) in [7, 11) is 0. The highest BCUT2D eigenvalue weighted by Gasteiger charge is 2.14. The van der Waals surface area contributed by atoms with E-state index in [1.54, 1.807) is 0 Å². The van der Waals surface area contributed by atoms with Crippen LogP contribution < -0.4 is 10.6 Å². The Morgan fingerprint density at radius 1 is 1.35 bits per heavy atom. The van der Waals surface area contributed by atoms with E-state index in [1.165, 1.54) is 17.1 Å². The summed E-state index contributed by atoms with van der Waals surface area (Å²) in [6.07, 6.45) is 0. The van der Waals surface area contributed by atoms with Crippen molar-refractivity contribution in [2.24, 2.45) is 5.73 Å². The molecule has 0 radical (unpaired) electrons. The van der Waals surface area contributed by atoms with Crippen LogP contribution in [0.1, 0.15) is 31.0 Å². The zero-order valence-electron chi connectivity index (χ0n) is 10.6. The standard InChI is InChI=1S/C13H21N3S/c1-10(2)12-7-11(9-14)8-13(15-12)16-3-5-17-6-4-16/h7-8,10H,3-6,9,14H2,1-2H3. The quantitative estimate of drug-likeness (QED) is 0.894. The Balaban J connectivity index is 2.28. The minimum atomic E-state index is 0.458. The Morgan fingerprint density at radius 2 is 2.06 bits per heavy atom. The molecular weight excluding hydrogens is 230 g/mol. The summed E-state index contributed by atoms with van der Waals surface area (Å²) in [5, 5.41) is 0. The van der Waals surface area contributed by atoms with E-state index in [1.807, 2.05) is 11.8 Å². The molecule has 1 aromatic rings. The van der Waals surface area contributed by atoms with Crippen LogP contribution in [-0.4, -0.2) is 29.6 Å². The molecule has 2 heterocycles. The summed E-state index contributed by atoms with van der Waals surface area (Å²) in [6, 6.07) is 4.27. The molecule has 0 bridgehead atoms. The van der Waals surface area contributed by atoms with Crippen molar-refractivity contribution < 1.29 is 0 Å². The minimum absolute atomic E-state index is 0.458. The second-order valence-electron chi connectivity index (χ2n) is 4.72. The number of aromatic nitrogens is 1. The van der Waals surface area contributed by atoms with Gasteiger partial charge in [-0.05, 0) is 23.6 Å². The molecule has 1 aromatic heterocycles. The van der Waals surface area contributed by atoms with Gasteiger partial charge in [-0.25, -0.2) is 4.98 Å². The molecule has 1 aliphatic heterocycles. The van der Waals surface area contributed by atoms with Gasteiger partial charge in [0.1, 0.15) is 5.82 Å². The highest BCUT2D eigenvalue weighted by molar-refractivity contribution is 7.99. The highest BCUT2D eigenvalue weighted by Crippen LogP contribution is 2.22. The predicted octanol–water partition coefficient (Wildman–Crippen LogP) is 2.22. The van der Waals surface area contributed by atoms with E-state index in [0.717, 1.165) is 24.6 Å². The van der Waals surface area contributed by atoms with Gasteiger partial charge < -0.3 is 10.6 Å². The molecule has 0 spiro atoms. The third kappa shape index (κ3) is 3.13. The molecule has 0 aromatic carbocycles. The molecule has 4 heteroatoms. The molecular formula is C13H21N3S.